The molecule has 1 aliphatic carbocycles. The first-order valence-electron chi connectivity index (χ1n) is 7.21. The average molecular weight is 225 g/mol. The third-order valence-corrected chi connectivity index (χ3v) is 4.35. The maximum Gasteiger partial charge on any atom is 0.0507 e. The van der Waals surface area contributed by atoms with Crippen LogP contribution in [0.25, 0.3) is 0 Å². The van der Waals surface area contributed by atoms with Gasteiger partial charge < -0.3 is 10.1 Å². The Bertz CT molecular complexity index is 183. The molecular weight excluding hydrogens is 198 g/mol. The molecule has 1 saturated heterocycles. The van der Waals surface area contributed by atoms with Crippen LogP contribution in [0.3, 0.4) is 0 Å². The van der Waals surface area contributed by atoms with Crippen LogP contribution in [-0.2, 0) is 4.74 Å². The summed E-state index contributed by atoms with van der Waals surface area (Å²) in [7, 11) is 0. The number of ether oxygens (including phenoxy) is 1. The van der Waals surface area contributed by atoms with E-state index in [2.05, 4.69) is 12.2 Å². The Balaban J connectivity index is 1.70. The number of rotatable bonds is 5. The fraction of sp³-hybridized carbons (Fsp3) is 1.00. The molecule has 2 rings (SSSR count). The predicted molar refractivity (Wildman–Crippen MR) is 67.6 cm³/mol. The molecule has 1 saturated carbocycles. The third kappa shape index (κ3) is 3.46. The van der Waals surface area contributed by atoms with E-state index < -0.39 is 0 Å². The first-order valence-corrected chi connectivity index (χ1v) is 7.21. The minimum atomic E-state index is 0.765. The molecule has 94 valence electrons. The monoisotopic (exact) mass is 225 g/mol. The van der Waals surface area contributed by atoms with Crippen molar-refractivity contribution in [2.45, 2.75) is 57.9 Å². The standard InChI is InChI=1S/C14H27NO/c1-2-14(13-6-4-3-5-7-13)15-10-12-8-9-16-11-12/h12-15H,2-11H2,1H3. The smallest absolute Gasteiger partial charge is 0.0507 e. The van der Waals surface area contributed by atoms with Crippen molar-refractivity contribution in [3.05, 3.63) is 0 Å². The van der Waals surface area contributed by atoms with Crippen LogP contribution in [0.5, 0.6) is 0 Å². The fourth-order valence-electron chi connectivity index (χ4n) is 3.24. The summed E-state index contributed by atoms with van der Waals surface area (Å²) in [6, 6.07) is 0.765. The minimum absolute atomic E-state index is 0.765. The maximum atomic E-state index is 5.43. The van der Waals surface area contributed by atoms with Gasteiger partial charge in [-0.15, -0.1) is 0 Å². The van der Waals surface area contributed by atoms with Crippen LogP contribution in [0.4, 0.5) is 0 Å². The van der Waals surface area contributed by atoms with E-state index in [4.69, 9.17) is 4.74 Å². The lowest BCUT2D eigenvalue weighted by Gasteiger charge is -2.31. The van der Waals surface area contributed by atoms with Crippen LogP contribution in [0.2, 0.25) is 0 Å². The van der Waals surface area contributed by atoms with E-state index in [1.165, 1.54) is 51.5 Å². The molecule has 0 amide bonds. The van der Waals surface area contributed by atoms with Crippen LogP contribution in [0.15, 0.2) is 0 Å². The highest BCUT2D eigenvalue weighted by Crippen LogP contribution is 2.27. The Labute approximate surface area is 100 Å². The summed E-state index contributed by atoms with van der Waals surface area (Å²) in [6.45, 7) is 5.47. The van der Waals surface area contributed by atoms with E-state index in [0.29, 0.717) is 0 Å². The zero-order chi connectivity index (χ0) is 11.2. The molecule has 0 bridgehead atoms. The van der Waals surface area contributed by atoms with Crippen LogP contribution < -0.4 is 5.32 Å². The Morgan fingerprint density at radius 2 is 2.00 bits per heavy atom. The van der Waals surface area contributed by atoms with Gasteiger partial charge in [-0.05, 0) is 37.5 Å². The van der Waals surface area contributed by atoms with Gasteiger partial charge >= 0.3 is 0 Å². The average Bonchev–Trinajstić information content (AvgIpc) is 2.84. The predicted octanol–water partition coefficient (Wildman–Crippen LogP) is 2.97. The summed E-state index contributed by atoms with van der Waals surface area (Å²) >= 11 is 0. The Morgan fingerprint density at radius 3 is 2.62 bits per heavy atom. The molecule has 1 aliphatic heterocycles. The van der Waals surface area contributed by atoms with Crippen molar-refractivity contribution in [2.24, 2.45) is 11.8 Å². The second-order valence-electron chi connectivity index (χ2n) is 5.55. The van der Waals surface area contributed by atoms with E-state index in [-0.39, 0.29) is 0 Å². The molecule has 2 unspecified atom stereocenters. The van der Waals surface area contributed by atoms with Crippen molar-refractivity contribution in [1.29, 1.82) is 0 Å². The fourth-order valence-corrected chi connectivity index (χ4v) is 3.24. The summed E-state index contributed by atoms with van der Waals surface area (Å²) in [4.78, 5) is 0. The summed E-state index contributed by atoms with van der Waals surface area (Å²) in [6.07, 6.45) is 9.82. The molecule has 0 radical (unpaired) electrons. The zero-order valence-corrected chi connectivity index (χ0v) is 10.7. The van der Waals surface area contributed by atoms with Crippen molar-refractivity contribution in [3.8, 4) is 0 Å². The van der Waals surface area contributed by atoms with Crippen molar-refractivity contribution in [3.63, 3.8) is 0 Å². The molecule has 1 heterocycles. The lowest BCUT2D eigenvalue weighted by atomic mass is 9.83. The highest BCUT2D eigenvalue weighted by Gasteiger charge is 2.23. The summed E-state index contributed by atoms with van der Waals surface area (Å²) in [5, 5.41) is 3.80. The number of hydrogen-bond acceptors (Lipinski definition) is 2. The maximum absolute atomic E-state index is 5.43. The van der Waals surface area contributed by atoms with Gasteiger partial charge in [0.2, 0.25) is 0 Å². The van der Waals surface area contributed by atoms with Crippen LogP contribution in [0.1, 0.15) is 51.9 Å². The molecule has 0 aromatic heterocycles. The first-order chi connectivity index (χ1) is 7.90. The van der Waals surface area contributed by atoms with Crippen molar-refractivity contribution in [2.75, 3.05) is 19.8 Å². The molecule has 1 N–H and O–H groups in total. The van der Waals surface area contributed by atoms with Crippen molar-refractivity contribution < 1.29 is 4.74 Å². The highest BCUT2D eigenvalue weighted by molar-refractivity contribution is 4.80. The van der Waals surface area contributed by atoms with E-state index in [1.807, 2.05) is 0 Å². The summed E-state index contributed by atoms with van der Waals surface area (Å²) < 4.78 is 5.43. The molecule has 0 aromatic carbocycles. The van der Waals surface area contributed by atoms with Crippen molar-refractivity contribution in [1.82, 2.24) is 5.32 Å². The summed E-state index contributed by atoms with van der Waals surface area (Å²) in [5.74, 6) is 1.72. The molecule has 0 aromatic rings. The highest BCUT2D eigenvalue weighted by atomic mass is 16.5. The lowest BCUT2D eigenvalue weighted by molar-refractivity contribution is 0.181. The molecule has 2 nitrogen and oxygen atoms in total. The van der Waals surface area contributed by atoms with Crippen LogP contribution in [0, 0.1) is 11.8 Å². The lowest BCUT2D eigenvalue weighted by Crippen LogP contribution is -2.39. The van der Waals surface area contributed by atoms with Crippen LogP contribution >= 0.6 is 0 Å². The van der Waals surface area contributed by atoms with Crippen LogP contribution in [-0.4, -0.2) is 25.8 Å². The van der Waals surface area contributed by atoms with Gasteiger partial charge in [0.15, 0.2) is 0 Å². The van der Waals surface area contributed by atoms with E-state index in [9.17, 15) is 0 Å². The number of hydrogen-bond donors (Lipinski definition) is 1. The number of nitrogens with one attached hydrogen (secondary N) is 1. The molecule has 2 fully saturated rings. The van der Waals surface area contributed by atoms with Gasteiger partial charge in [0.1, 0.15) is 0 Å². The minimum Gasteiger partial charge on any atom is -0.381 e. The Morgan fingerprint density at radius 1 is 1.19 bits per heavy atom. The molecular formula is C14H27NO. The van der Waals surface area contributed by atoms with E-state index in [0.717, 1.165) is 31.1 Å². The second kappa shape index (κ2) is 6.61. The van der Waals surface area contributed by atoms with Gasteiger partial charge in [-0.25, -0.2) is 0 Å². The van der Waals surface area contributed by atoms with E-state index in [1.54, 1.807) is 0 Å². The van der Waals surface area contributed by atoms with Gasteiger partial charge in [0.05, 0.1) is 6.61 Å². The molecule has 0 spiro atoms. The Hall–Kier alpha value is -0.0800. The second-order valence-corrected chi connectivity index (χ2v) is 5.55. The zero-order valence-electron chi connectivity index (χ0n) is 10.7. The summed E-state index contributed by atoms with van der Waals surface area (Å²) in [5.41, 5.74) is 0. The molecule has 2 atom stereocenters. The molecule has 2 aliphatic rings. The quantitative estimate of drug-likeness (QED) is 0.776. The SMILES string of the molecule is CCC(NCC1CCOC1)C1CCCCC1. The normalized spacial score (nSPS) is 29.4. The molecule has 16 heavy (non-hydrogen) atoms. The third-order valence-electron chi connectivity index (χ3n) is 4.35. The topological polar surface area (TPSA) is 21.3 Å². The van der Waals surface area contributed by atoms with Gasteiger partial charge in [-0.1, -0.05) is 26.2 Å². The van der Waals surface area contributed by atoms with E-state index >= 15 is 0 Å². The van der Waals surface area contributed by atoms with Gasteiger partial charge in [0.25, 0.3) is 0 Å². The van der Waals surface area contributed by atoms with Gasteiger partial charge in [-0.2, -0.15) is 0 Å². The first kappa shape index (κ1) is 12.4. The largest absolute Gasteiger partial charge is 0.381 e. The van der Waals surface area contributed by atoms with Gasteiger partial charge in [-0.3, -0.25) is 0 Å². The van der Waals surface area contributed by atoms with Crippen molar-refractivity contribution >= 4 is 0 Å². The molecule has 2 heteroatoms. The Kier molecular flexibility index (Phi) is 5.11. The van der Waals surface area contributed by atoms with Gasteiger partial charge in [0, 0.05) is 19.2 Å².